The fraction of sp³-hybridized carbons (Fsp3) is 0.300. The molecule has 2 atom stereocenters. The Morgan fingerprint density at radius 3 is 1.97 bits per heavy atom. The van der Waals surface area contributed by atoms with Crippen LogP contribution in [0.15, 0.2) is 84.9 Å². The second-order valence-corrected chi connectivity index (χ2v) is 9.41. The van der Waals surface area contributed by atoms with Crippen molar-refractivity contribution in [2.24, 2.45) is 5.92 Å². The summed E-state index contributed by atoms with van der Waals surface area (Å²) in [4.78, 5) is 37.4. The van der Waals surface area contributed by atoms with Crippen LogP contribution in [0.5, 0.6) is 5.75 Å². The van der Waals surface area contributed by atoms with Gasteiger partial charge in [0.1, 0.15) is 31.0 Å². The first-order valence-electron chi connectivity index (χ1n) is 12.6. The normalized spacial score (nSPS) is 12.3. The number of hydrogen-bond donors (Lipinski definition) is 3. The summed E-state index contributed by atoms with van der Waals surface area (Å²) in [5.74, 6) is -1.09. The molecule has 0 fully saturated rings. The fourth-order valence-electron chi connectivity index (χ4n) is 3.82. The van der Waals surface area contributed by atoms with Gasteiger partial charge < -0.3 is 25.2 Å². The second kappa shape index (κ2) is 14.4. The monoisotopic (exact) mass is 518 g/mol. The van der Waals surface area contributed by atoms with Gasteiger partial charge in [0.2, 0.25) is 5.91 Å². The molecule has 200 valence electrons. The van der Waals surface area contributed by atoms with Gasteiger partial charge in [-0.15, -0.1) is 0 Å². The molecule has 2 amide bonds. The minimum Gasteiger partial charge on any atom is -0.489 e. The largest absolute Gasteiger partial charge is 0.489 e. The highest BCUT2D eigenvalue weighted by atomic mass is 16.5. The standard InChI is InChI=1S/C30H34N2O6/c1-21(2)16-26(32-30(36)38-20-23-12-7-4-8-13-23)28(33)31-27(29(34)35)18-24-14-9-15-25(17-24)37-19-22-10-5-3-6-11-22/h3-15,17,21,26-27H,16,18-20H2,1-2H3,(H,31,33)(H,32,36)(H,34,35)/t26-,27-/m0/s1. The van der Waals surface area contributed by atoms with E-state index in [1.807, 2.05) is 74.5 Å². The maximum Gasteiger partial charge on any atom is 0.408 e. The molecular weight excluding hydrogens is 484 g/mol. The van der Waals surface area contributed by atoms with Crippen LogP contribution in [0.4, 0.5) is 4.79 Å². The van der Waals surface area contributed by atoms with Crippen molar-refractivity contribution in [2.75, 3.05) is 0 Å². The maximum absolute atomic E-state index is 13.1. The molecule has 0 aromatic heterocycles. The number of nitrogens with one attached hydrogen (secondary N) is 2. The van der Waals surface area contributed by atoms with Crippen molar-refractivity contribution in [3.8, 4) is 5.75 Å². The number of amides is 2. The Morgan fingerprint density at radius 1 is 0.763 bits per heavy atom. The van der Waals surface area contributed by atoms with Crippen LogP contribution in [0.25, 0.3) is 0 Å². The Kier molecular flexibility index (Phi) is 10.7. The van der Waals surface area contributed by atoms with Crippen molar-refractivity contribution >= 4 is 18.0 Å². The first-order valence-corrected chi connectivity index (χ1v) is 12.6. The zero-order chi connectivity index (χ0) is 27.3. The number of rotatable bonds is 13. The van der Waals surface area contributed by atoms with Crippen LogP contribution in [-0.4, -0.2) is 35.2 Å². The van der Waals surface area contributed by atoms with E-state index in [0.29, 0.717) is 24.3 Å². The molecule has 8 heteroatoms. The smallest absolute Gasteiger partial charge is 0.408 e. The molecule has 0 heterocycles. The van der Waals surface area contributed by atoms with E-state index < -0.39 is 30.1 Å². The molecule has 0 bridgehead atoms. The topological polar surface area (TPSA) is 114 Å². The van der Waals surface area contributed by atoms with E-state index in [9.17, 15) is 19.5 Å². The van der Waals surface area contributed by atoms with Crippen molar-refractivity contribution in [3.05, 3.63) is 102 Å². The molecule has 0 radical (unpaired) electrons. The van der Waals surface area contributed by atoms with Gasteiger partial charge in [-0.2, -0.15) is 0 Å². The van der Waals surface area contributed by atoms with Gasteiger partial charge in [-0.3, -0.25) is 4.79 Å². The SMILES string of the molecule is CC(C)C[C@H](NC(=O)OCc1ccccc1)C(=O)N[C@@H](Cc1cccc(OCc2ccccc2)c1)C(=O)O. The van der Waals surface area contributed by atoms with Gasteiger partial charge in [-0.25, -0.2) is 9.59 Å². The molecule has 3 aromatic carbocycles. The highest BCUT2D eigenvalue weighted by molar-refractivity contribution is 5.89. The number of benzene rings is 3. The fourth-order valence-corrected chi connectivity index (χ4v) is 3.82. The molecule has 3 rings (SSSR count). The lowest BCUT2D eigenvalue weighted by atomic mass is 10.0. The zero-order valence-electron chi connectivity index (χ0n) is 21.6. The third kappa shape index (κ3) is 9.61. The predicted molar refractivity (Wildman–Crippen MR) is 143 cm³/mol. The molecular formula is C30H34N2O6. The summed E-state index contributed by atoms with van der Waals surface area (Å²) in [5, 5.41) is 15.0. The summed E-state index contributed by atoms with van der Waals surface area (Å²) < 4.78 is 11.1. The number of carboxylic acids is 1. The summed E-state index contributed by atoms with van der Waals surface area (Å²) in [5.41, 5.74) is 2.52. The van der Waals surface area contributed by atoms with Crippen molar-refractivity contribution in [1.29, 1.82) is 0 Å². The summed E-state index contributed by atoms with van der Waals surface area (Å²) in [7, 11) is 0. The zero-order valence-corrected chi connectivity index (χ0v) is 21.6. The molecule has 8 nitrogen and oxygen atoms in total. The van der Waals surface area contributed by atoms with Gasteiger partial charge in [0, 0.05) is 6.42 Å². The predicted octanol–water partition coefficient (Wildman–Crippen LogP) is 4.72. The lowest BCUT2D eigenvalue weighted by molar-refractivity contribution is -0.142. The van der Waals surface area contributed by atoms with E-state index in [1.165, 1.54) is 0 Å². The average molecular weight is 519 g/mol. The Balaban J connectivity index is 1.60. The highest BCUT2D eigenvalue weighted by Crippen LogP contribution is 2.17. The Morgan fingerprint density at radius 2 is 1.37 bits per heavy atom. The van der Waals surface area contributed by atoms with Crippen molar-refractivity contribution < 1.29 is 29.0 Å². The molecule has 0 saturated heterocycles. The van der Waals surface area contributed by atoms with Gasteiger partial charge in [0.05, 0.1) is 0 Å². The molecule has 0 spiro atoms. The number of aliphatic carboxylic acids is 1. The van der Waals surface area contributed by atoms with Crippen molar-refractivity contribution in [3.63, 3.8) is 0 Å². The Labute approximate surface area is 223 Å². The average Bonchev–Trinajstić information content (AvgIpc) is 2.91. The van der Waals surface area contributed by atoms with Gasteiger partial charge in [0.25, 0.3) is 0 Å². The number of carbonyl (C=O) groups is 3. The van der Waals surface area contributed by atoms with E-state index in [2.05, 4.69) is 10.6 Å². The molecule has 0 aliphatic carbocycles. The summed E-state index contributed by atoms with van der Waals surface area (Å²) in [6.45, 7) is 4.26. The van der Waals surface area contributed by atoms with Crippen LogP contribution < -0.4 is 15.4 Å². The van der Waals surface area contributed by atoms with Crippen LogP contribution in [0, 0.1) is 5.92 Å². The lowest BCUT2D eigenvalue weighted by Crippen LogP contribution is -2.52. The maximum atomic E-state index is 13.1. The first kappa shape index (κ1) is 28.2. The summed E-state index contributed by atoms with van der Waals surface area (Å²) in [6.07, 6.45) is -0.373. The van der Waals surface area contributed by atoms with E-state index in [0.717, 1.165) is 11.1 Å². The van der Waals surface area contributed by atoms with Crippen molar-refractivity contribution in [1.82, 2.24) is 10.6 Å². The third-order valence-corrected chi connectivity index (χ3v) is 5.73. The third-order valence-electron chi connectivity index (χ3n) is 5.73. The minimum atomic E-state index is -1.19. The molecule has 38 heavy (non-hydrogen) atoms. The van der Waals surface area contributed by atoms with E-state index in [1.54, 1.807) is 24.3 Å². The quantitative estimate of drug-likeness (QED) is 0.302. The molecule has 0 aliphatic heterocycles. The summed E-state index contributed by atoms with van der Waals surface area (Å²) >= 11 is 0. The number of ether oxygens (including phenoxy) is 2. The molecule has 3 aromatic rings. The van der Waals surface area contributed by atoms with Crippen molar-refractivity contribution in [2.45, 2.75) is 52.0 Å². The van der Waals surface area contributed by atoms with E-state index in [-0.39, 0.29) is 18.9 Å². The van der Waals surface area contributed by atoms with Gasteiger partial charge >= 0.3 is 12.1 Å². The lowest BCUT2D eigenvalue weighted by Gasteiger charge is -2.22. The Bertz CT molecular complexity index is 1180. The minimum absolute atomic E-state index is 0.0520. The molecule has 0 unspecified atom stereocenters. The van der Waals surface area contributed by atoms with Crippen LogP contribution in [0.3, 0.4) is 0 Å². The number of hydrogen-bond acceptors (Lipinski definition) is 5. The first-order chi connectivity index (χ1) is 18.3. The number of alkyl carbamates (subject to hydrolysis) is 1. The van der Waals surface area contributed by atoms with Gasteiger partial charge in [-0.1, -0.05) is 86.6 Å². The van der Waals surface area contributed by atoms with E-state index in [4.69, 9.17) is 9.47 Å². The molecule has 3 N–H and O–H groups in total. The van der Waals surface area contributed by atoms with Crippen LogP contribution in [-0.2, 0) is 34.0 Å². The second-order valence-electron chi connectivity index (χ2n) is 9.41. The number of carboxylic acid groups (broad SMARTS) is 1. The molecule has 0 saturated carbocycles. The van der Waals surface area contributed by atoms with Crippen LogP contribution >= 0.6 is 0 Å². The van der Waals surface area contributed by atoms with E-state index >= 15 is 0 Å². The Hall–Kier alpha value is -4.33. The number of carbonyl (C=O) groups excluding carboxylic acids is 2. The van der Waals surface area contributed by atoms with Crippen LogP contribution in [0.2, 0.25) is 0 Å². The summed E-state index contributed by atoms with van der Waals surface area (Å²) in [6, 6.07) is 23.9. The highest BCUT2D eigenvalue weighted by Gasteiger charge is 2.28. The van der Waals surface area contributed by atoms with Gasteiger partial charge in [0.15, 0.2) is 0 Å². The van der Waals surface area contributed by atoms with Crippen LogP contribution in [0.1, 0.15) is 37.0 Å². The van der Waals surface area contributed by atoms with Gasteiger partial charge in [-0.05, 0) is 41.2 Å². The molecule has 0 aliphatic rings.